The predicted molar refractivity (Wildman–Crippen MR) is 117 cm³/mol. The largest absolute Gasteiger partial charge is 0.326 e. The number of benzene rings is 3. The Hall–Kier alpha value is -2.42. The molecular formula is C26H30N2. The van der Waals surface area contributed by atoms with Crippen molar-refractivity contribution >= 4 is 0 Å². The first kappa shape index (κ1) is 18.9. The predicted octanol–water partition coefficient (Wildman–Crippen LogP) is 5.15. The van der Waals surface area contributed by atoms with Crippen molar-refractivity contribution in [1.29, 1.82) is 0 Å². The van der Waals surface area contributed by atoms with Crippen LogP contribution in [0.3, 0.4) is 0 Å². The molecule has 28 heavy (non-hydrogen) atoms. The van der Waals surface area contributed by atoms with Crippen LogP contribution in [0.4, 0.5) is 0 Å². The molecule has 0 bridgehead atoms. The number of hydrogen-bond donors (Lipinski definition) is 2. The van der Waals surface area contributed by atoms with E-state index >= 15 is 0 Å². The molecule has 0 amide bonds. The molecule has 0 aliphatic heterocycles. The lowest BCUT2D eigenvalue weighted by Crippen LogP contribution is -2.56. The number of nitrogens with one attached hydrogen (secondary N) is 1. The molecule has 1 fully saturated rings. The minimum absolute atomic E-state index is 0.186. The number of rotatable bonds is 5. The van der Waals surface area contributed by atoms with Crippen molar-refractivity contribution < 1.29 is 0 Å². The topological polar surface area (TPSA) is 38.0 Å². The maximum atomic E-state index is 6.58. The fourth-order valence-corrected chi connectivity index (χ4v) is 4.55. The van der Waals surface area contributed by atoms with E-state index in [2.05, 4.69) is 97.2 Å². The van der Waals surface area contributed by atoms with Crippen molar-refractivity contribution in [2.24, 2.45) is 5.73 Å². The summed E-state index contributed by atoms with van der Waals surface area (Å²) in [6.07, 6.45) is 4.67. The maximum absolute atomic E-state index is 6.58. The van der Waals surface area contributed by atoms with Crippen LogP contribution < -0.4 is 11.1 Å². The minimum Gasteiger partial charge on any atom is -0.326 e. The van der Waals surface area contributed by atoms with Gasteiger partial charge in [0.15, 0.2) is 0 Å². The fraction of sp³-hybridized carbons (Fsp3) is 0.308. The highest BCUT2D eigenvalue weighted by Crippen LogP contribution is 2.38. The Kier molecular flexibility index (Phi) is 5.61. The highest BCUT2D eigenvalue weighted by atomic mass is 15.0. The summed E-state index contributed by atoms with van der Waals surface area (Å²) in [5.41, 5.74) is 11.2. The molecule has 1 saturated carbocycles. The second kappa shape index (κ2) is 8.30. The monoisotopic (exact) mass is 370 g/mol. The van der Waals surface area contributed by atoms with E-state index in [9.17, 15) is 0 Å². The third-order valence-electron chi connectivity index (χ3n) is 6.12. The summed E-state index contributed by atoms with van der Waals surface area (Å²) in [4.78, 5) is 0. The van der Waals surface area contributed by atoms with Crippen LogP contribution in [0, 0.1) is 6.92 Å². The summed E-state index contributed by atoms with van der Waals surface area (Å²) in [5, 5.41) is 4.06. The molecule has 2 heteroatoms. The molecular weight excluding hydrogens is 340 g/mol. The molecule has 2 nitrogen and oxygen atoms in total. The van der Waals surface area contributed by atoms with Gasteiger partial charge in [-0.1, -0.05) is 103 Å². The lowest BCUT2D eigenvalue weighted by atomic mass is 9.75. The van der Waals surface area contributed by atoms with E-state index in [1.165, 1.54) is 35.1 Å². The summed E-state index contributed by atoms with van der Waals surface area (Å²) in [6, 6.07) is 31.0. The van der Waals surface area contributed by atoms with Gasteiger partial charge in [-0.05, 0) is 36.5 Å². The van der Waals surface area contributed by atoms with Crippen molar-refractivity contribution in [2.45, 2.75) is 50.2 Å². The fourth-order valence-electron chi connectivity index (χ4n) is 4.55. The molecule has 0 spiro atoms. The van der Waals surface area contributed by atoms with Gasteiger partial charge in [0.1, 0.15) is 0 Å². The Morgan fingerprint density at radius 2 is 1.21 bits per heavy atom. The molecule has 1 aliphatic carbocycles. The molecule has 0 saturated heterocycles. The molecule has 0 radical (unpaired) electrons. The summed E-state index contributed by atoms with van der Waals surface area (Å²) < 4.78 is 0. The highest BCUT2D eigenvalue weighted by molar-refractivity contribution is 5.50. The van der Waals surface area contributed by atoms with Crippen molar-refractivity contribution in [3.63, 3.8) is 0 Å². The van der Waals surface area contributed by atoms with Crippen LogP contribution >= 0.6 is 0 Å². The molecule has 0 aromatic heterocycles. The van der Waals surface area contributed by atoms with Crippen molar-refractivity contribution in [3.05, 3.63) is 107 Å². The Morgan fingerprint density at radius 3 is 1.75 bits per heavy atom. The molecule has 144 valence electrons. The Morgan fingerprint density at radius 1 is 0.714 bits per heavy atom. The van der Waals surface area contributed by atoms with E-state index in [0.29, 0.717) is 0 Å². The molecule has 0 unspecified atom stereocenters. The van der Waals surface area contributed by atoms with Crippen molar-refractivity contribution in [3.8, 4) is 0 Å². The Bertz CT molecular complexity index is 832. The average Bonchev–Trinajstić information content (AvgIpc) is 2.75. The van der Waals surface area contributed by atoms with Crippen molar-refractivity contribution in [2.75, 3.05) is 0 Å². The van der Waals surface area contributed by atoms with Gasteiger partial charge in [0.05, 0.1) is 5.54 Å². The van der Waals surface area contributed by atoms with Crippen LogP contribution in [0.15, 0.2) is 84.9 Å². The van der Waals surface area contributed by atoms with Gasteiger partial charge in [0.25, 0.3) is 0 Å². The SMILES string of the molecule is Cc1ccc(C(N[C@H]2CCCC[C@@H]2N)(c2ccccc2)c2ccccc2)cc1. The van der Waals surface area contributed by atoms with E-state index in [4.69, 9.17) is 5.73 Å². The van der Waals surface area contributed by atoms with Crippen LogP contribution in [0.2, 0.25) is 0 Å². The molecule has 0 heterocycles. The standard InChI is InChI=1S/C26H30N2/c1-20-16-18-23(19-17-20)26(21-10-4-2-5-11-21,22-12-6-3-7-13-22)28-25-15-9-8-14-24(25)27/h2-7,10-13,16-19,24-25,28H,8-9,14-15,27H2,1H3/t24-,25-/m0/s1. The third kappa shape index (κ3) is 3.63. The van der Waals surface area contributed by atoms with Gasteiger partial charge in [-0.15, -0.1) is 0 Å². The van der Waals surface area contributed by atoms with E-state index < -0.39 is 5.54 Å². The minimum atomic E-state index is -0.421. The van der Waals surface area contributed by atoms with Gasteiger partial charge in [-0.2, -0.15) is 0 Å². The summed E-state index contributed by atoms with van der Waals surface area (Å²) in [5.74, 6) is 0. The average molecular weight is 371 g/mol. The van der Waals surface area contributed by atoms with Gasteiger partial charge in [-0.25, -0.2) is 0 Å². The lowest BCUT2D eigenvalue weighted by molar-refractivity contribution is 0.280. The first-order chi connectivity index (χ1) is 13.7. The zero-order valence-electron chi connectivity index (χ0n) is 16.6. The second-order valence-electron chi connectivity index (χ2n) is 8.05. The van der Waals surface area contributed by atoms with Gasteiger partial charge in [0.2, 0.25) is 0 Å². The van der Waals surface area contributed by atoms with Crippen LogP contribution in [0.5, 0.6) is 0 Å². The van der Waals surface area contributed by atoms with E-state index in [0.717, 1.165) is 12.8 Å². The smallest absolute Gasteiger partial charge is 0.0950 e. The first-order valence-electron chi connectivity index (χ1n) is 10.4. The molecule has 4 rings (SSSR count). The third-order valence-corrected chi connectivity index (χ3v) is 6.12. The molecule has 1 aliphatic rings. The van der Waals surface area contributed by atoms with E-state index in [1.54, 1.807) is 0 Å². The van der Waals surface area contributed by atoms with E-state index in [-0.39, 0.29) is 12.1 Å². The number of hydrogen-bond acceptors (Lipinski definition) is 2. The summed E-state index contributed by atoms with van der Waals surface area (Å²) >= 11 is 0. The maximum Gasteiger partial charge on any atom is 0.0950 e. The summed E-state index contributed by atoms with van der Waals surface area (Å²) in [6.45, 7) is 2.14. The van der Waals surface area contributed by atoms with Gasteiger partial charge >= 0.3 is 0 Å². The second-order valence-corrected chi connectivity index (χ2v) is 8.05. The van der Waals surface area contributed by atoms with Crippen LogP contribution in [0.1, 0.15) is 47.9 Å². The van der Waals surface area contributed by atoms with Crippen LogP contribution in [-0.4, -0.2) is 12.1 Å². The number of aryl methyl sites for hydroxylation is 1. The highest BCUT2D eigenvalue weighted by Gasteiger charge is 2.39. The lowest BCUT2D eigenvalue weighted by Gasteiger charge is -2.43. The van der Waals surface area contributed by atoms with Crippen LogP contribution in [-0.2, 0) is 5.54 Å². The Labute approximate surface area is 168 Å². The zero-order chi connectivity index (χ0) is 19.4. The van der Waals surface area contributed by atoms with Crippen molar-refractivity contribution in [1.82, 2.24) is 5.32 Å². The number of nitrogens with two attached hydrogens (primary N) is 1. The van der Waals surface area contributed by atoms with Gasteiger partial charge in [-0.3, -0.25) is 5.32 Å². The first-order valence-corrected chi connectivity index (χ1v) is 10.4. The molecule has 2 atom stereocenters. The normalized spacial score (nSPS) is 20.1. The van der Waals surface area contributed by atoms with Gasteiger partial charge < -0.3 is 5.73 Å². The van der Waals surface area contributed by atoms with Gasteiger partial charge in [0, 0.05) is 12.1 Å². The summed E-state index contributed by atoms with van der Waals surface area (Å²) in [7, 11) is 0. The Balaban J connectivity index is 1.92. The quantitative estimate of drug-likeness (QED) is 0.610. The molecule has 3 aromatic rings. The van der Waals surface area contributed by atoms with Crippen LogP contribution in [0.25, 0.3) is 0 Å². The van der Waals surface area contributed by atoms with E-state index in [1.807, 2.05) is 0 Å². The molecule has 3 N–H and O–H groups in total. The zero-order valence-corrected chi connectivity index (χ0v) is 16.6. The molecule has 3 aromatic carbocycles.